The lowest BCUT2D eigenvalue weighted by Crippen LogP contribution is -2.24. The smallest absolute Gasteiger partial charge is 0.221 e. The molecule has 18 heavy (non-hydrogen) atoms. The van der Waals surface area contributed by atoms with Crippen molar-refractivity contribution in [1.29, 1.82) is 0 Å². The molecule has 0 radical (unpaired) electrons. The maximum absolute atomic E-state index is 11.3. The molecule has 0 saturated heterocycles. The molecular formula is C13H16N4O. The van der Waals surface area contributed by atoms with Crippen molar-refractivity contribution in [1.82, 2.24) is 15.5 Å². The van der Waals surface area contributed by atoms with Crippen LogP contribution in [0.2, 0.25) is 0 Å². The zero-order valence-electron chi connectivity index (χ0n) is 10.3. The van der Waals surface area contributed by atoms with E-state index in [9.17, 15) is 4.79 Å². The van der Waals surface area contributed by atoms with Crippen LogP contribution in [0.1, 0.15) is 13.3 Å². The number of amides is 1. The van der Waals surface area contributed by atoms with E-state index in [1.165, 1.54) is 0 Å². The van der Waals surface area contributed by atoms with Gasteiger partial charge in [-0.1, -0.05) is 18.2 Å². The van der Waals surface area contributed by atoms with Gasteiger partial charge in [0, 0.05) is 24.9 Å². The molecule has 0 bridgehead atoms. The van der Waals surface area contributed by atoms with Crippen LogP contribution in [0.25, 0.3) is 10.9 Å². The van der Waals surface area contributed by atoms with Crippen LogP contribution in [0.5, 0.6) is 0 Å². The Hall–Kier alpha value is -2.17. The summed E-state index contributed by atoms with van der Waals surface area (Å²) in [7, 11) is 0. The van der Waals surface area contributed by atoms with E-state index in [0.29, 0.717) is 19.5 Å². The molecule has 0 fully saturated rings. The third kappa shape index (κ3) is 2.94. The number of hydrogen-bond acceptors (Lipinski definition) is 4. The molecule has 2 N–H and O–H groups in total. The van der Waals surface area contributed by atoms with Crippen molar-refractivity contribution < 1.29 is 4.79 Å². The molecule has 0 saturated carbocycles. The van der Waals surface area contributed by atoms with Crippen LogP contribution in [0.15, 0.2) is 30.5 Å². The number of nitrogens with one attached hydrogen (secondary N) is 2. The first-order valence-corrected chi connectivity index (χ1v) is 6.02. The van der Waals surface area contributed by atoms with Crippen molar-refractivity contribution in [2.24, 2.45) is 0 Å². The third-order valence-corrected chi connectivity index (χ3v) is 2.59. The first-order chi connectivity index (χ1) is 8.81. The van der Waals surface area contributed by atoms with E-state index >= 15 is 0 Å². The molecule has 0 aliphatic carbocycles. The third-order valence-electron chi connectivity index (χ3n) is 2.59. The average Bonchev–Trinajstić information content (AvgIpc) is 2.39. The lowest BCUT2D eigenvalue weighted by Gasteiger charge is -2.08. The van der Waals surface area contributed by atoms with Crippen molar-refractivity contribution in [2.45, 2.75) is 13.3 Å². The Balaban J connectivity index is 2.01. The SMILES string of the molecule is CCNC(=O)CCNc1cnnc2ccccc12. The molecule has 0 aliphatic rings. The van der Waals surface area contributed by atoms with Gasteiger partial charge in [-0.25, -0.2) is 0 Å². The predicted molar refractivity (Wildman–Crippen MR) is 71.3 cm³/mol. The Kier molecular flexibility index (Phi) is 4.06. The van der Waals surface area contributed by atoms with Crippen molar-refractivity contribution >= 4 is 22.5 Å². The van der Waals surface area contributed by atoms with Crippen LogP contribution in [0, 0.1) is 0 Å². The summed E-state index contributed by atoms with van der Waals surface area (Å²) in [5.41, 5.74) is 1.76. The average molecular weight is 244 g/mol. The molecular weight excluding hydrogens is 228 g/mol. The zero-order chi connectivity index (χ0) is 12.8. The second-order valence-corrected chi connectivity index (χ2v) is 3.91. The van der Waals surface area contributed by atoms with Gasteiger partial charge < -0.3 is 10.6 Å². The second-order valence-electron chi connectivity index (χ2n) is 3.91. The molecule has 1 aromatic heterocycles. The molecule has 5 heteroatoms. The summed E-state index contributed by atoms with van der Waals surface area (Å²) in [6, 6.07) is 7.78. The van der Waals surface area contributed by atoms with Crippen LogP contribution in [-0.2, 0) is 4.79 Å². The maximum atomic E-state index is 11.3. The van der Waals surface area contributed by atoms with E-state index in [4.69, 9.17) is 0 Å². The quantitative estimate of drug-likeness (QED) is 0.837. The Morgan fingerprint density at radius 1 is 1.33 bits per heavy atom. The largest absolute Gasteiger partial charge is 0.383 e. The first kappa shape index (κ1) is 12.3. The molecule has 1 heterocycles. The maximum Gasteiger partial charge on any atom is 0.221 e. The van der Waals surface area contributed by atoms with Crippen LogP contribution in [-0.4, -0.2) is 29.2 Å². The van der Waals surface area contributed by atoms with Gasteiger partial charge in [0.1, 0.15) is 0 Å². The highest BCUT2D eigenvalue weighted by Crippen LogP contribution is 2.19. The summed E-state index contributed by atoms with van der Waals surface area (Å²) in [6.45, 7) is 3.16. The summed E-state index contributed by atoms with van der Waals surface area (Å²) in [5, 5.41) is 15.0. The van der Waals surface area contributed by atoms with E-state index in [1.807, 2.05) is 31.2 Å². The van der Waals surface area contributed by atoms with E-state index in [1.54, 1.807) is 6.20 Å². The number of nitrogens with zero attached hydrogens (tertiary/aromatic N) is 2. The highest BCUT2D eigenvalue weighted by atomic mass is 16.1. The van der Waals surface area contributed by atoms with E-state index < -0.39 is 0 Å². The zero-order valence-corrected chi connectivity index (χ0v) is 10.3. The Morgan fingerprint density at radius 2 is 2.17 bits per heavy atom. The lowest BCUT2D eigenvalue weighted by molar-refractivity contribution is -0.120. The number of carbonyl (C=O) groups is 1. The van der Waals surface area contributed by atoms with Crippen molar-refractivity contribution in [3.05, 3.63) is 30.5 Å². The molecule has 94 valence electrons. The molecule has 5 nitrogen and oxygen atoms in total. The number of fused-ring (bicyclic) bond motifs is 1. The first-order valence-electron chi connectivity index (χ1n) is 6.02. The van der Waals surface area contributed by atoms with Gasteiger partial charge in [0.15, 0.2) is 0 Å². The molecule has 0 aliphatic heterocycles. The summed E-state index contributed by atoms with van der Waals surface area (Å²) in [5.74, 6) is 0.0521. The highest BCUT2D eigenvalue weighted by Gasteiger charge is 2.03. The standard InChI is InChI=1S/C13H16N4O/c1-2-14-13(18)7-8-15-12-9-16-17-11-6-4-3-5-10(11)12/h3-6,9H,2,7-8H2,1H3,(H,14,18)(H,15,17). The number of anilines is 1. The number of benzene rings is 1. The molecule has 2 aromatic rings. The second kappa shape index (κ2) is 5.95. The summed E-state index contributed by atoms with van der Waals surface area (Å²) in [6.07, 6.45) is 2.13. The number of rotatable bonds is 5. The minimum absolute atomic E-state index is 0.0521. The normalized spacial score (nSPS) is 10.3. The van der Waals surface area contributed by atoms with Crippen LogP contribution in [0.3, 0.4) is 0 Å². The minimum Gasteiger partial charge on any atom is -0.383 e. The van der Waals surface area contributed by atoms with Gasteiger partial charge >= 0.3 is 0 Å². The lowest BCUT2D eigenvalue weighted by atomic mass is 10.2. The monoisotopic (exact) mass is 244 g/mol. The molecule has 1 amide bonds. The number of hydrogen-bond donors (Lipinski definition) is 2. The van der Waals surface area contributed by atoms with E-state index in [0.717, 1.165) is 16.6 Å². The van der Waals surface area contributed by atoms with Crippen LogP contribution < -0.4 is 10.6 Å². The van der Waals surface area contributed by atoms with E-state index in [-0.39, 0.29) is 5.91 Å². The van der Waals surface area contributed by atoms with Crippen LogP contribution >= 0.6 is 0 Å². The molecule has 0 spiro atoms. The predicted octanol–water partition coefficient (Wildman–Crippen LogP) is 1.57. The van der Waals surface area contributed by atoms with Crippen LogP contribution in [0.4, 0.5) is 5.69 Å². The number of carbonyl (C=O) groups excluding carboxylic acids is 1. The molecule has 2 rings (SSSR count). The fraction of sp³-hybridized carbons (Fsp3) is 0.308. The Bertz CT molecular complexity index is 536. The topological polar surface area (TPSA) is 66.9 Å². The van der Waals surface area contributed by atoms with E-state index in [2.05, 4.69) is 20.8 Å². The molecule has 0 unspecified atom stereocenters. The van der Waals surface area contributed by atoms with Gasteiger partial charge in [-0.2, -0.15) is 10.2 Å². The van der Waals surface area contributed by atoms with Crippen molar-refractivity contribution in [3.8, 4) is 0 Å². The van der Waals surface area contributed by atoms with Gasteiger partial charge in [-0.3, -0.25) is 4.79 Å². The Labute approximate surface area is 106 Å². The highest BCUT2D eigenvalue weighted by molar-refractivity contribution is 5.90. The minimum atomic E-state index is 0.0521. The Morgan fingerprint density at radius 3 is 3.00 bits per heavy atom. The van der Waals surface area contributed by atoms with Gasteiger partial charge in [-0.15, -0.1) is 0 Å². The summed E-state index contributed by atoms with van der Waals surface area (Å²) in [4.78, 5) is 11.3. The number of aromatic nitrogens is 2. The fourth-order valence-electron chi connectivity index (χ4n) is 1.74. The van der Waals surface area contributed by atoms with Gasteiger partial charge in [0.25, 0.3) is 0 Å². The van der Waals surface area contributed by atoms with Crippen molar-refractivity contribution in [2.75, 3.05) is 18.4 Å². The van der Waals surface area contributed by atoms with Gasteiger partial charge in [-0.05, 0) is 13.0 Å². The molecule has 0 atom stereocenters. The van der Waals surface area contributed by atoms with Crippen molar-refractivity contribution in [3.63, 3.8) is 0 Å². The molecule has 1 aromatic carbocycles. The summed E-state index contributed by atoms with van der Waals surface area (Å²) >= 11 is 0. The fourth-order valence-corrected chi connectivity index (χ4v) is 1.74. The van der Waals surface area contributed by atoms with Gasteiger partial charge in [0.2, 0.25) is 5.91 Å². The summed E-state index contributed by atoms with van der Waals surface area (Å²) < 4.78 is 0. The van der Waals surface area contributed by atoms with Gasteiger partial charge in [0.05, 0.1) is 17.4 Å².